The molecule has 0 saturated heterocycles. The molecular weight excluding hydrogens is 314 g/mol. The Morgan fingerprint density at radius 1 is 1.43 bits per heavy atom. The molecule has 0 radical (unpaired) electrons. The maximum Gasteiger partial charge on any atom is 0.203 e. The Hall–Kier alpha value is -0.560. The molecule has 0 fully saturated rings. The molecule has 5 heteroatoms. The molecule has 1 aromatic carbocycles. The first-order valence-corrected chi connectivity index (χ1v) is 5.78. The fraction of sp³-hybridized carbons (Fsp3) is 0.111. The molecule has 1 aromatic heterocycles. The van der Waals surface area contributed by atoms with Crippen LogP contribution in [0.15, 0.2) is 18.2 Å². The van der Waals surface area contributed by atoms with Gasteiger partial charge in [-0.3, -0.25) is 0 Å². The summed E-state index contributed by atoms with van der Waals surface area (Å²) in [4.78, 5) is 4.24. The van der Waals surface area contributed by atoms with Crippen LogP contribution in [0.4, 0.5) is 4.39 Å². The van der Waals surface area contributed by atoms with Crippen molar-refractivity contribution in [3.63, 3.8) is 0 Å². The van der Waals surface area contributed by atoms with Crippen molar-refractivity contribution in [1.29, 1.82) is 0 Å². The minimum atomic E-state index is -0.217. The molecular formula is C9H6FIN2S. The zero-order valence-electron chi connectivity index (χ0n) is 7.29. The van der Waals surface area contributed by atoms with Gasteiger partial charge in [-0.2, -0.15) is 4.37 Å². The first kappa shape index (κ1) is 9.97. The lowest BCUT2D eigenvalue weighted by molar-refractivity contribution is 0.627. The van der Waals surface area contributed by atoms with E-state index in [4.69, 9.17) is 0 Å². The van der Waals surface area contributed by atoms with Crippen molar-refractivity contribution >= 4 is 34.1 Å². The normalized spacial score (nSPS) is 10.5. The van der Waals surface area contributed by atoms with E-state index in [1.54, 1.807) is 6.07 Å². The number of hydrogen-bond donors (Lipinski definition) is 0. The number of benzene rings is 1. The van der Waals surface area contributed by atoms with E-state index in [2.05, 4.69) is 31.9 Å². The molecule has 2 aromatic rings. The van der Waals surface area contributed by atoms with Gasteiger partial charge in [0.15, 0.2) is 0 Å². The van der Waals surface area contributed by atoms with Gasteiger partial charge in [-0.15, -0.1) is 0 Å². The summed E-state index contributed by atoms with van der Waals surface area (Å²) in [6.07, 6.45) is 0. The molecule has 72 valence electrons. The minimum absolute atomic E-state index is 0.217. The number of aromatic nitrogens is 2. The Morgan fingerprint density at radius 3 is 2.79 bits per heavy atom. The molecule has 0 saturated carbocycles. The number of hydrogen-bond acceptors (Lipinski definition) is 3. The van der Waals surface area contributed by atoms with Crippen LogP contribution in [0.5, 0.6) is 0 Å². The molecule has 0 unspecified atom stereocenters. The van der Waals surface area contributed by atoms with E-state index in [0.717, 1.165) is 20.0 Å². The molecule has 0 spiro atoms. The lowest BCUT2D eigenvalue weighted by atomic mass is 10.1. The Balaban J connectivity index is 2.52. The van der Waals surface area contributed by atoms with E-state index in [9.17, 15) is 4.39 Å². The summed E-state index contributed by atoms with van der Waals surface area (Å²) in [6, 6.07) is 4.68. The summed E-state index contributed by atoms with van der Waals surface area (Å²) >= 11 is 3.39. The van der Waals surface area contributed by atoms with Crippen molar-refractivity contribution in [2.75, 3.05) is 0 Å². The van der Waals surface area contributed by atoms with Gasteiger partial charge >= 0.3 is 0 Å². The Labute approximate surface area is 98.5 Å². The van der Waals surface area contributed by atoms with Crippen LogP contribution in [0, 0.1) is 16.6 Å². The highest BCUT2D eigenvalue weighted by atomic mass is 127. The predicted octanol–water partition coefficient (Wildman–Crippen LogP) is 3.26. The second-order valence-electron chi connectivity index (χ2n) is 2.83. The summed E-state index contributed by atoms with van der Waals surface area (Å²) in [5.74, 6) is -0.217. The number of rotatable bonds is 1. The van der Waals surface area contributed by atoms with Gasteiger partial charge in [0, 0.05) is 28.2 Å². The van der Waals surface area contributed by atoms with Crippen LogP contribution >= 0.6 is 34.1 Å². The van der Waals surface area contributed by atoms with Gasteiger partial charge < -0.3 is 0 Å². The highest BCUT2D eigenvalue weighted by Gasteiger charge is 2.07. The minimum Gasteiger partial charge on any atom is -0.210 e. The van der Waals surface area contributed by atoms with Gasteiger partial charge in [-0.25, -0.2) is 9.37 Å². The van der Waals surface area contributed by atoms with Gasteiger partial charge in [0.2, 0.25) is 3.83 Å². The van der Waals surface area contributed by atoms with Crippen LogP contribution in [0.25, 0.3) is 10.6 Å². The fourth-order valence-corrected chi connectivity index (χ4v) is 2.54. The van der Waals surface area contributed by atoms with Gasteiger partial charge in [-0.05, 0) is 42.2 Å². The number of nitrogens with zero attached hydrogens (tertiary/aromatic N) is 2. The molecule has 0 amide bonds. The second kappa shape index (κ2) is 3.90. The van der Waals surface area contributed by atoms with Crippen molar-refractivity contribution < 1.29 is 4.39 Å². The van der Waals surface area contributed by atoms with Crippen LogP contribution < -0.4 is 0 Å². The monoisotopic (exact) mass is 320 g/mol. The number of aryl methyl sites for hydroxylation is 1. The maximum absolute atomic E-state index is 12.8. The Kier molecular flexibility index (Phi) is 2.78. The van der Waals surface area contributed by atoms with Crippen LogP contribution in [0.3, 0.4) is 0 Å². The van der Waals surface area contributed by atoms with Crippen molar-refractivity contribution in [2.45, 2.75) is 6.92 Å². The largest absolute Gasteiger partial charge is 0.210 e. The summed E-state index contributed by atoms with van der Waals surface area (Å²) < 4.78 is 17.6. The second-order valence-corrected chi connectivity index (χ2v) is 4.54. The number of halogens is 2. The third-order valence-electron chi connectivity index (χ3n) is 1.82. The van der Waals surface area contributed by atoms with Gasteiger partial charge in [0.05, 0.1) is 0 Å². The first-order chi connectivity index (χ1) is 6.66. The van der Waals surface area contributed by atoms with Crippen molar-refractivity contribution in [2.24, 2.45) is 0 Å². The molecule has 0 aliphatic heterocycles. The van der Waals surface area contributed by atoms with E-state index in [-0.39, 0.29) is 5.82 Å². The SMILES string of the molecule is Cc1cc(F)ccc1-c1nc(I)ns1. The zero-order valence-corrected chi connectivity index (χ0v) is 10.3. The van der Waals surface area contributed by atoms with Gasteiger partial charge in [0.25, 0.3) is 0 Å². The molecule has 2 rings (SSSR count). The van der Waals surface area contributed by atoms with Crippen molar-refractivity contribution in [3.8, 4) is 10.6 Å². The molecule has 1 heterocycles. The predicted molar refractivity (Wildman–Crippen MR) is 62.8 cm³/mol. The molecule has 0 aliphatic carbocycles. The summed E-state index contributed by atoms with van der Waals surface area (Å²) in [5, 5.41) is 0.840. The maximum atomic E-state index is 12.8. The van der Waals surface area contributed by atoms with E-state index in [1.807, 2.05) is 6.92 Å². The first-order valence-electron chi connectivity index (χ1n) is 3.92. The molecule has 0 aliphatic rings. The molecule has 14 heavy (non-hydrogen) atoms. The standard InChI is InChI=1S/C9H6FIN2S/c1-5-4-6(10)2-3-7(5)8-12-9(11)13-14-8/h2-4H,1H3. The molecule has 0 N–H and O–H groups in total. The van der Waals surface area contributed by atoms with E-state index >= 15 is 0 Å². The van der Waals surface area contributed by atoms with E-state index in [1.165, 1.54) is 23.7 Å². The lowest BCUT2D eigenvalue weighted by Crippen LogP contribution is -1.84. The lowest BCUT2D eigenvalue weighted by Gasteiger charge is -2.00. The average molecular weight is 320 g/mol. The van der Waals surface area contributed by atoms with Crippen molar-refractivity contribution in [3.05, 3.63) is 33.4 Å². The highest BCUT2D eigenvalue weighted by Crippen LogP contribution is 2.25. The molecule has 2 nitrogen and oxygen atoms in total. The van der Waals surface area contributed by atoms with Crippen LogP contribution in [0.2, 0.25) is 0 Å². The quantitative estimate of drug-likeness (QED) is 0.754. The van der Waals surface area contributed by atoms with E-state index < -0.39 is 0 Å². The summed E-state index contributed by atoms with van der Waals surface area (Å²) in [7, 11) is 0. The molecule has 0 atom stereocenters. The topological polar surface area (TPSA) is 25.8 Å². The summed E-state index contributed by atoms with van der Waals surface area (Å²) in [5.41, 5.74) is 1.84. The smallest absolute Gasteiger partial charge is 0.203 e. The average Bonchev–Trinajstić information content (AvgIpc) is 2.51. The zero-order chi connectivity index (χ0) is 10.1. The fourth-order valence-electron chi connectivity index (χ4n) is 1.18. The van der Waals surface area contributed by atoms with E-state index in [0.29, 0.717) is 0 Å². The Morgan fingerprint density at radius 2 is 2.21 bits per heavy atom. The Bertz CT molecular complexity index is 470. The summed E-state index contributed by atoms with van der Waals surface area (Å²) in [6.45, 7) is 1.87. The van der Waals surface area contributed by atoms with Crippen LogP contribution in [-0.4, -0.2) is 9.36 Å². The third-order valence-corrected chi connectivity index (χ3v) is 3.38. The van der Waals surface area contributed by atoms with Gasteiger partial charge in [-0.1, -0.05) is 0 Å². The highest BCUT2D eigenvalue weighted by molar-refractivity contribution is 14.1. The molecule has 0 bridgehead atoms. The van der Waals surface area contributed by atoms with Gasteiger partial charge in [0.1, 0.15) is 10.8 Å². The van der Waals surface area contributed by atoms with Crippen molar-refractivity contribution in [1.82, 2.24) is 9.36 Å². The van der Waals surface area contributed by atoms with Crippen LogP contribution in [-0.2, 0) is 0 Å². The van der Waals surface area contributed by atoms with Crippen LogP contribution in [0.1, 0.15) is 5.56 Å². The third kappa shape index (κ3) is 1.93.